The van der Waals surface area contributed by atoms with E-state index in [1.807, 2.05) is 6.07 Å². The Balaban J connectivity index is 2.24. The molecule has 0 spiro atoms. The molecule has 0 unspecified atom stereocenters. The quantitative estimate of drug-likeness (QED) is 0.808. The van der Waals surface area contributed by atoms with E-state index in [-0.39, 0.29) is 11.0 Å². The molecule has 1 aliphatic carbocycles. The summed E-state index contributed by atoms with van der Waals surface area (Å²) in [6.45, 7) is 10.4. The highest BCUT2D eigenvalue weighted by molar-refractivity contribution is 5.23. The van der Waals surface area contributed by atoms with Crippen molar-refractivity contribution >= 4 is 0 Å². The second kappa shape index (κ2) is 6.13. The second-order valence-electron chi connectivity index (χ2n) is 6.93. The lowest BCUT2D eigenvalue weighted by atomic mass is 9.90. The van der Waals surface area contributed by atoms with Crippen molar-refractivity contribution in [3.05, 3.63) is 33.7 Å². The van der Waals surface area contributed by atoms with Crippen LogP contribution in [0.2, 0.25) is 0 Å². The van der Waals surface area contributed by atoms with Gasteiger partial charge in [-0.05, 0) is 31.9 Å². The monoisotopic (exact) mass is 276 g/mol. The molecule has 1 fully saturated rings. The molecule has 0 amide bonds. The lowest BCUT2D eigenvalue weighted by Gasteiger charge is -2.25. The topological polar surface area (TPSA) is 34.0 Å². The molecule has 1 aromatic heterocycles. The van der Waals surface area contributed by atoms with E-state index in [0.717, 1.165) is 31.4 Å². The maximum absolute atomic E-state index is 12.7. The van der Waals surface area contributed by atoms with Gasteiger partial charge in [-0.1, -0.05) is 40.2 Å². The van der Waals surface area contributed by atoms with Gasteiger partial charge < -0.3 is 9.88 Å². The van der Waals surface area contributed by atoms with Crippen LogP contribution in [0.5, 0.6) is 0 Å². The van der Waals surface area contributed by atoms with E-state index in [0.29, 0.717) is 12.6 Å². The van der Waals surface area contributed by atoms with Gasteiger partial charge in [-0.3, -0.25) is 4.79 Å². The van der Waals surface area contributed by atoms with Gasteiger partial charge in [-0.15, -0.1) is 0 Å². The van der Waals surface area contributed by atoms with Crippen LogP contribution in [-0.2, 0) is 12.0 Å². The minimum Gasteiger partial charge on any atom is -0.312 e. The first-order chi connectivity index (χ1) is 9.45. The fourth-order valence-corrected chi connectivity index (χ4v) is 2.56. The number of rotatable bonds is 6. The van der Waals surface area contributed by atoms with Crippen molar-refractivity contribution in [3.63, 3.8) is 0 Å². The summed E-state index contributed by atoms with van der Waals surface area (Å²) in [5.74, 6) is 0. The fraction of sp³-hybridized carbons (Fsp3) is 0.706. The third-order valence-electron chi connectivity index (χ3n) is 3.90. The fourth-order valence-electron chi connectivity index (χ4n) is 2.56. The highest BCUT2D eigenvalue weighted by atomic mass is 16.1. The maximum atomic E-state index is 12.7. The van der Waals surface area contributed by atoms with Crippen molar-refractivity contribution in [2.45, 2.75) is 71.4 Å². The summed E-state index contributed by atoms with van der Waals surface area (Å²) in [5.41, 5.74) is 2.31. The van der Waals surface area contributed by atoms with E-state index in [1.165, 1.54) is 12.1 Å². The molecule has 112 valence electrons. The van der Waals surface area contributed by atoms with Crippen LogP contribution in [0.1, 0.15) is 70.7 Å². The van der Waals surface area contributed by atoms with Gasteiger partial charge in [-0.25, -0.2) is 0 Å². The van der Waals surface area contributed by atoms with Crippen molar-refractivity contribution < 1.29 is 0 Å². The molecule has 1 heterocycles. The number of nitrogens with one attached hydrogen (secondary N) is 1. The first-order valence-electron chi connectivity index (χ1n) is 7.90. The molecule has 3 nitrogen and oxygen atoms in total. The number of nitrogens with zero attached hydrogens (tertiary/aromatic N) is 1. The Kier molecular flexibility index (Phi) is 4.69. The van der Waals surface area contributed by atoms with E-state index in [9.17, 15) is 4.79 Å². The molecule has 3 heteroatoms. The van der Waals surface area contributed by atoms with Crippen molar-refractivity contribution in [3.8, 4) is 0 Å². The molecule has 0 aromatic carbocycles. The first kappa shape index (κ1) is 15.3. The smallest absolute Gasteiger partial charge is 0.255 e. The normalized spacial score (nSPS) is 15.6. The molecule has 1 saturated carbocycles. The zero-order chi connectivity index (χ0) is 14.8. The van der Waals surface area contributed by atoms with E-state index in [1.54, 1.807) is 0 Å². The van der Waals surface area contributed by atoms with E-state index in [2.05, 4.69) is 43.6 Å². The summed E-state index contributed by atoms with van der Waals surface area (Å²) in [5, 5.41) is 3.37. The molecule has 2 rings (SSSR count). The molecule has 0 atom stereocenters. The van der Waals surface area contributed by atoms with Gasteiger partial charge in [0.1, 0.15) is 0 Å². The van der Waals surface area contributed by atoms with Crippen molar-refractivity contribution in [1.82, 2.24) is 9.88 Å². The Bertz CT molecular complexity index is 507. The highest BCUT2D eigenvalue weighted by Crippen LogP contribution is 2.37. The van der Waals surface area contributed by atoms with Gasteiger partial charge in [0.2, 0.25) is 0 Å². The van der Waals surface area contributed by atoms with Gasteiger partial charge >= 0.3 is 0 Å². The highest BCUT2D eigenvalue weighted by Gasteiger charge is 2.30. The standard InChI is InChI=1S/C17H28N2O/c1-5-6-11-18-12-13-7-10-15(17(2,3)4)19(16(13)20)14-8-9-14/h7,10,14,18H,5-6,8-9,11-12H2,1-4H3. The van der Waals surface area contributed by atoms with Crippen LogP contribution in [0.3, 0.4) is 0 Å². The van der Waals surface area contributed by atoms with Crippen LogP contribution < -0.4 is 10.9 Å². The third kappa shape index (κ3) is 3.51. The molecule has 0 bridgehead atoms. The first-order valence-corrected chi connectivity index (χ1v) is 7.90. The molecule has 20 heavy (non-hydrogen) atoms. The Labute approximate surface area is 122 Å². The predicted molar refractivity (Wildman–Crippen MR) is 84.3 cm³/mol. The number of hydrogen-bond acceptors (Lipinski definition) is 2. The lowest BCUT2D eigenvalue weighted by Crippen LogP contribution is -2.32. The number of pyridine rings is 1. The van der Waals surface area contributed by atoms with Crippen LogP contribution in [-0.4, -0.2) is 11.1 Å². The molecule has 0 saturated heterocycles. The summed E-state index contributed by atoms with van der Waals surface area (Å²) >= 11 is 0. The molecule has 1 aromatic rings. The van der Waals surface area contributed by atoms with Crippen LogP contribution in [0, 0.1) is 0 Å². The van der Waals surface area contributed by atoms with E-state index in [4.69, 9.17) is 0 Å². The summed E-state index contributed by atoms with van der Waals surface area (Å²) in [7, 11) is 0. The van der Waals surface area contributed by atoms with Gasteiger partial charge in [0, 0.05) is 29.3 Å². The Morgan fingerprint density at radius 3 is 2.55 bits per heavy atom. The summed E-state index contributed by atoms with van der Waals surface area (Å²) in [4.78, 5) is 12.7. The van der Waals surface area contributed by atoms with Crippen molar-refractivity contribution in [2.75, 3.05) is 6.54 Å². The second-order valence-corrected chi connectivity index (χ2v) is 6.93. The SMILES string of the molecule is CCCCNCc1ccc(C(C)(C)C)n(C2CC2)c1=O. The average Bonchev–Trinajstić information content (AvgIpc) is 3.18. The molecular weight excluding hydrogens is 248 g/mol. The number of unbranched alkanes of at least 4 members (excludes halogenated alkanes) is 1. The molecule has 1 N–H and O–H groups in total. The zero-order valence-corrected chi connectivity index (χ0v) is 13.3. The lowest BCUT2D eigenvalue weighted by molar-refractivity contribution is 0.501. The molecular formula is C17H28N2O. The van der Waals surface area contributed by atoms with Gasteiger partial charge in [0.25, 0.3) is 5.56 Å². The maximum Gasteiger partial charge on any atom is 0.255 e. The summed E-state index contributed by atoms with van der Waals surface area (Å²) in [6, 6.07) is 4.60. The Morgan fingerprint density at radius 1 is 1.30 bits per heavy atom. The van der Waals surface area contributed by atoms with Crippen LogP contribution in [0.15, 0.2) is 16.9 Å². The minimum absolute atomic E-state index is 0.0237. The zero-order valence-electron chi connectivity index (χ0n) is 13.3. The van der Waals surface area contributed by atoms with Gasteiger partial charge in [0.05, 0.1) is 0 Å². The van der Waals surface area contributed by atoms with Crippen LogP contribution in [0.4, 0.5) is 0 Å². The number of aromatic nitrogens is 1. The number of hydrogen-bond donors (Lipinski definition) is 1. The van der Waals surface area contributed by atoms with Gasteiger partial charge in [0.15, 0.2) is 0 Å². The van der Waals surface area contributed by atoms with Crippen LogP contribution in [0.25, 0.3) is 0 Å². The van der Waals surface area contributed by atoms with E-state index < -0.39 is 0 Å². The van der Waals surface area contributed by atoms with Crippen LogP contribution >= 0.6 is 0 Å². The molecule has 0 aliphatic heterocycles. The average molecular weight is 276 g/mol. The third-order valence-corrected chi connectivity index (χ3v) is 3.90. The summed E-state index contributed by atoms with van der Waals surface area (Å²) in [6.07, 6.45) is 4.64. The molecule has 0 radical (unpaired) electrons. The van der Waals surface area contributed by atoms with E-state index >= 15 is 0 Å². The Hall–Kier alpha value is -1.09. The Morgan fingerprint density at radius 2 is 2.00 bits per heavy atom. The molecule has 1 aliphatic rings. The van der Waals surface area contributed by atoms with Crippen molar-refractivity contribution in [2.24, 2.45) is 0 Å². The predicted octanol–water partition coefficient (Wildman–Crippen LogP) is 3.37. The summed E-state index contributed by atoms with van der Waals surface area (Å²) < 4.78 is 2.05. The van der Waals surface area contributed by atoms with Gasteiger partial charge in [-0.2, -0.15) is 0 Å². The minimum atomic E-state index is 0.0237. The largest absolute Gasteiger partial charge is 0.312 e. The van der Waals surface area contributed by atoms with Crippen molar-refractivity contribution in [1.29, 1.82) is 0 Å².